The first-order valence-electron chi connectivity index (χ1n) is 7.43. The van der Waals surface area contributed by atoms with Crippen LogP contribution in [0.25, 0.3) is 32.5 Å². The van der Waals surface area contributed by atoms with Gasteiger partial charge in [-0.25, -0.2) is 4.68 Å². The Kier molecular flexibility index (Phi) is 3.24. The van der Waals surface area contributed by atoms with Crippen molar-refractivity contribution < 1.29 is 4.74 Å². The van der Waals surface area contributed by atoms with E-state index < -0.39 is 0 Å². The average molecular weight is 311 g/mol. The number of thiophene rings is 1. The Morgan fingerprint density at radius 2 is 2.18 bits per heavy atom. The fraction of sp³-hybridized carbons (Fsp3) is 0.235. The highest BCUT2D eigenvalue weighted by Crippen LogP contribution is 2.34. The second kappa shape index (κ2) is 5.26. The van der Waals surface area contributed by atoms with Gasteiger partial charge in [-0.15, -0.1) is 11.3 Å². The van der Waals surface area contributed by atoms with Crippen LogP contribution in [0.1, 0.15) is 20.1 Å². The molecule has 1 N–H and O–H groups in total. The number of fused-ring (bicyclic) bond motifs is 2. The minimum atomic E-state index is -0.0655. The van der Waals surface area contributed by atoms with Crippen molar-refractivity contribution in [2.24, 2.45) is 0 Å². The molecule has 1 aromatic carbocycles. The van der Waals surface area contributed by atoms with Gasteiger partial charge in [0.15, 0.2) is 0 Å². The summed E-state index contributed by atoms with van der Waals surface area (Å²) in [6.45, 7) is 4.71. The standard InChI is InChI=1S/C17H17N3OS/c1-3-21-11(2)20-17-13(8-9-22-17)16(19-20)15-10-12-6-4-5-7-14(12)18-15/h4-11,18H,3H2,1-2H3. The topological polar surface area (TPSA) is 42.8 Å². The van der Waals surface area contributed by atoms with Gasteiger partial charge in [-0.1, -0.05) is 18.2 Å². The van der Waals surface area contributed by atoms with Gasteiger partial charge in [0.25, 0.3) is 0 Å². The molecule has 22 heavy (non-hydrogen) atoms. The molecule has 3 aromatic heterocycles. The van der Waals surface area contributed by atoms with Gasteiger partial charge in [-0.2, -0.15) is 5.10 Å². The van der Waals surface area contributed by atoms with E-state index in [1.54, 1.807) is 11.3 Å². The van der Waals surface area contributed by atoms with Gasteiger partial charge < -0.3 is 9.72 Å². The zero-order valence-corrected chi connectivity index (χ0v) is 13.4. The average Bonchev–Trinajstić information content (AvgIpc) is 3.21. The maximum atomic E-state index is 5.71. The molecule has 0 fully saturated rings. The highest BCUT2D eigenvalue weighted by Gasteiger charge is 2.18. The molecule has 0 spiro atoms. The van der Waals surface area contributed by atoms with E-state index in [4.69, 9.17) is 9.84 Å². The van der Waals surface area contributed by atoms with Crippen LogP contribution in [0.4, 0.5) is 0 Å². The fourth-order valence-corrected chi connectivity index (χ4v) is 3.75. The molecule has 0 aliphatic heterocycles. The number of aromatic nitrogens is 3. The van der Waals surface area contributed by atoms with Crippen molar-refractivity contribution in [3.63, 3.8) is 0 Å². The lowest BCUT2D eigenvalue weighted by molar-refractivity contribution is 0.0197. The lowest BCUT2D eigenvalue weighted by atomic mass is 10.2. The number of H-pyrrole nitrogens is 1. The van der Waals surface area contributed by atoms with Gasteiger partial charge >= 0.3 is 0 Å². The maximum Gasteiger partial charge on any atom is 0.149 e. The Morgan fingerprint density at radius 1 is 1.32 bits per heavy atom. The minimum absolute atomic E-state index is 0.0655. The molecule has 0 bridgehead atoms. The summed E-state index contributed by atoms with van der Waals surface area (Å²) >= 11 is 1.70. The first-order valence-corrected chi connectivity index (χ1v) is 8.31. The fourth-order valence-electron chi connectivity index (χ4n) is 2.82. The van der Waals surface area contributed by atoms with Crippen molar-refractivity contribution in [2.45, 2.75) is 20.1 Å². The Balaban J connectivity index is 1.89. The van der Waals surface area contributed by atoms with Crippen molar-refractivity contribution >= 4 is 32.5 Å². The van der Waals surface area contributed by atoms with E-state index in [-0.39, 0.29) is 6.23 Å². The summed E-state index contributed by atoms with van der Waals surface area (Å²) in [6, 6.07) is 12.6. The molecule has 0 aliphatic carbocycles. The number of nitrogens with one attached hydrogen (secondary N) is 1. The number of aromatic amines is 1. The molecule has 1 unspecified atom stereocenters. The van der Waals surface area contributed by atoms with Crippen LogP contribution in [0.15, 0.2) is 41.8 Å². The normalized spacial score (nSPS) is 13.2. The predicted molar refractivity (Wildman–Crippen MR) is 91.2 cm³/mol. The van der Waals surface area contributed by atoms with Crippen LogP contribution < -0.4 is 0 Å². The molecule has 0 radical (unpaired) electrons. The van der Waals surface area contributed by atoms with Gasteiger partial charge in [0.05, 0.1) is 5.69 Å². The molecular weight excluding hydrogens is 294 g/mol. The highest BCUT2D eigenvalue weighted by molar-refractivity contribution is 7.16. The van der Waals surface area contributed by atoms with Crippen molar-refractivity contribution in [3.05, 3.63) is 41.8 Å². The summed E-state index contributed by atoms with van der Waals surface area (Å²) in [5.41, 5.74) is 3.17. The van der Waals surface area contributed by atoms with E-state index >= 15 is 0 Å². The third kappa shape index (κ3) is 2.05. The van der Waals surface area contributed by atoms with Gasteiger partial charge in [0.1, 0.15) is 16.8 Å². The number of nitrogens with zero attached hydrogens (tertiary/aromatic N) is 2. The van der Waals surface area contributed by atoms with E-state index in [0.717, 1.165) is 21.7 Å². The van der Waals surface area contributed by atoms with Crippen LogP contribution in [0.3, 0.4) is 0 Å². The lowest BCUT2D eigenvalue weighted by Gasteiger charge is -2.12. The number of para-hydroxylation sites is 1. The van der Waals surface area contributed by atoms with Gasteiger partial charge in [-0.3, -0.25) is 0 Å². The SMILES string of the molecule is CCOC(C)n1nc(-c2cc3ccccc3[nH]2)c2ccsc21. The predicted octanol–water partition coefficient (Wildman–Crippen LogP) is 4.80. The zero-order valence-electron chi connectivity index (χ0n) is 12.5. The number of hydrogen-bond donors (Lipinski definition) is 1. The Bertz CT molecular complexity index is 901. The second-order valence-corrected chi connectivity index (χ2v) is 6.15. The lowest BCUT2D eigenvalue weighted by Crippen LogP contribution is -2.10. The van der Waals surface area contributed by atoms with Crippen LogP contribution in [0, 0.1) is 0 Å². The first-order chi connectivity index (χ1) is 10.8. The molecule has 3 heterocycles. The minimum Gasteiger partial charge on any atom is -0.357 e. The van der Waals surface area contributed by atoms with E-state index in [9.17, 15) is 0 Å². The summed E-state index contributed by atoms with van der Waals surface area (Å²) in [4.78, 5) is 4.61. The van der Waals surface area contributed by atoms with E-state index in [0.29, 0.717) is 6.61 Å². The smallest absolute Gasteiger partial charge is 0.149 e. The van der Waals surface area contributed by atoms with Crippen molar-refractivity contribution in [1.82, 2.24) is 14.8 Å². The summed E-state index contributed by atoms with van der Waals surface area (Å²) < 4.78 is 7.69. The summed E-state index contributed by atoms with van der Waals surface area (Å²) in [5.74, 6) is 0. The van der Waals surface area contributed by atoms with Crippen LogP contribution in [-0.4, -0.2) is 21.4 Å². The van der Waals surface area contributed by atoms with Gasteiger partial charge in [0.2, 0.25) is 0 Å². The molecular formula is C17H17N3OS. The van der Waals surface area contributed by atoms with E-state index in [1.165, 1.54) is 10.8 Å². The summed E-state index contributed by atoms with van der Waals surface area (Å²) in [5, 5.41) is 9.28. The van der Waals surface area contributed by atoms with E-state index in [1.807, 2.05) is 24.6 Å². The third-order valence-corrected chi connectivity index (χ3v) is 4.76. The quantitative estimate of drug-likeness (QED) is 0.588. The van der Waals surface area contributed by atoms with E-state index in [2.05, 4.69) is 40.7 Å². The Hall–Kier alpha value is -2.11. The summed E-state index contributed by atoms with van der Waals surface area (Å²) in [6.07, 6.45) is -0.0655. The van der Waals surface area contributed by atoms with Crippen LogP contribution in [0.2, 0.25) is 0 Å². The largest absolute Gasteiger partial charge is 0.357 e. The molecule has 0 amide bonds. The molecule has 4 nitrogen and oxygen atoms in total. The molecule has 0 saturated carbocycles. The van der Waals surface area contributed by atoms with Gasteiger partial charge in [-0.05, 0) is 37.4 Å². The van der Waals surface area contributed by atoms with Crippen molar-refractivity contribution in [2.75, 3.05) is 6.61 Å². The highest BCUT2D eigenvalue weighted by atomic mass is 32.1. The van der Waals surface area contributed by atoms with Crippen molar-refractivity contribution in [3.8, 4) is 11.4 Å². The third-order valence-electron chi connectivity index (χ3n) is 3.85. The molecule has 0 aliphatic rings. The van der Waals surface area contributed by atoms with Crippen LogP contribution in [-0.2, 0) is 4.74 Å². The number of ether oxygens (including phenoxy) is 1. The Morgan fingerprint density at radius 3 is 3.00 bits per heavy atom. The summed E-state index contributed by atoms with van der Waals surface area (Å²) in [7, 11) is 0. The zero-order chi connectivity index (χ0) is 15.1. The maximum absolute atomic E-state index is 5.71. The second-order valence-electron chi connectivity index (χ2n) is 5.26. The molecule has 5 heteroatoms. The molecule has 0 saturated heterocycles. The molecule has 4 aromatic rings. The van der Waals surface area contributed by atoms with Gasteiger partial charge in [0, 0.05) is 22.9 Å². The number of benzene rings is 1. The molecule has 4 rings (SSSR count). The number of hydrogen-bond acceptors (Lipinski definition) is 3. The molecule has 1 atom stereocenters. The monoisotopic (exact) mass is 311 g/mol. The Labute approximate surface area is 132 Å². The van der Waals surface area contributed by atoms with Crippen molar-refractivity contribution in [1.29, 1.82) is 0 Å². The number of rotatable bonds is 4. The van der Waals surface area contributed by atoms with Crippen LogP contribution in [0.5, 0.6) is 0 Å². The molecule has 112 valence electrons. The van der Waals surface area contributed by atoms with Crippen LogP contribution >= 0.6 is 11.3 Å². The first kappa shape index (κ1) is 13.5.